The fraction of sp³-hybridized carbons (Fsp3) is 0.286. The second-order valence-corrected chi connectivity index (χ2v) is 6.22. The van der Waals surface area contributed by atoms with E-state index in [9.17, 15) is 4.79 Å². The Morgan fingerprint density at radius 1 is 1.07 bits per heavy atom. The van der Waals surface area contributed by atoms with E-state index in [0.717, 1.165) is 16.9 Å². The van der Waals surface area contributed by atoms with Crippen molar-refractivity contribution in [2.24, 2.45) is 0 Å². The van der Waals surface area contributed by atoms with Gasteiger partial charge in [-0.2, -0.15) is 0 Å². The maximum absolute atomic E-state index is 12.6. The Bertz CT molecular complexity index is 860. The Kier molecular flexibility index (Phi) is 6.20. The third-order valence-corrected chi connectivity index (χ3v) is 4.06. The van der Waals surface area contributed by atoms with Gasteiger partial charge in [-0.1, -0.05) is 42.5 Å². The van der Waals surface area contributed by atoms with Gasteiger partial charge in [0, 0.05) is 13.3 Å². The fourth-order valence-electron chi connectivity index (χ4n) is 2.80. The van der Waals surface area contributed by atoms with Crippen LogP contribution < -0.4 is 10.1 Å². The lowest BCUT2D eigenvalue weighted by Crippen LogP contribution is -2.31. The van der Waals surface area contributed by atoms with E-state index in [1.807, 2.05) is 61.5 Å². The van der Waals surface area contributed by atoms with Gasteiger partial charge in [-0.25, -0.2) is 0 Å². The molecule has 0 saturated heterocycles. The zero-order valence-electron chi connectivity index (χ0n) is 15.5. The summed E-state index contributed by atoms with van der Waals surface area (Å²) in [7, 11) is 0. The van der Waals surface area contributed by atoms with E-state index in [4.69, 9.17) is 9.15 Å². The summed E-state index contributed by atoms with van der Waals surface area (Å²) in [4.78, 5) is 12.6. The number of hydrogen-bond donors (Lipinski definition) is 1. The molecule has 2 aromatic carbocycles. The molecule has 0 radical (unpaired) electrons. The summed E-state index contributed by atoms with van der Waals surface area (Å²) in [6.07, 6.45) is 0.850. The van der Waals surface area contributed by atoms with Crippen molar-refractivity contribution in [1.29, 1.82) is 0 Å². The van der Waals surface area contributed by atoms with Crippen LogP contribution in [0.3, 0.4) is 0 Å². The highest BCUT2D eigenvalue weighted by Gasteiger charge is 2.21. The Hall–Kier alpha value is -3.15. The van der Waals surface area contributed by atoms with Crippen molar-refractivity contribution in [1.82, 2.24) is 15.5 Å². The van der Waals surface area contributed by atoms with Gasteiger partial charge in [0.15, 0.2) is 0 Å². The van der Waals surface area contributed by atoms with Gasteiger partial charge >= 0.3 is 0 Å². The Labute approximate surface area is 158 Å². The minimum absolute atomic E-state index is 0.101. The van der Waals surface area contributed by atoms with Gasteiger partial charge in [0.2, 0.25) is 17.7 Å². The summed E-state index contributed by atoms with van der Waals surface area (Å²) in [5, 5.41) is 11.0. The molecular formula is C21H23N3O3. The molecule has 0 aliphatic carbocycles. The van der Waals surface area contributed by atoms with Gasteiger partial charge in [0.05, 0.1) is 13.0 Å². The molecule has 0 aliphatic heterocycles. The molecule has 3 rings (SSSR count). The first kappa shape index (κ1) is 18.6. The van der Waals surface area contributed by atoms with Crippen molar-refractivity contribution in [3.05, 3.63) is 77.5 Å². The zero-order chi connectivity index (χ0) is 19.1. The molecule has 1 N–H and O–H groups in total. The van der Waals surface area contributed by atoms with Crippen LogP contribution in [0.2, 0.25) is 0 Å². The van der Waals surface area contributed by atoms with Crippen molar-refractivity contribution in [2.75, 3.05) is 6.61 Å². The van der Waals surface area contributed by atoms with Crippen LogP contribution in [0.4, 0.5) is 0 Å². The van der Waals surface area contributed by atoms with Crippen LogP contribution in [-0.2, 0) is 17.6 Å². The average molecular weight is 365 g/mol. The molecule has 1 atom stereocenters. The minimum Gasteiger partial charge on any atom is -0.494 e. The lowest BCUT2D eigenvalue weighted by Gasteiger charge is -2.15. The summed E-state index contributed by atoms with van der Waals surface area (Å²) in [6, 6.07) is 17.1. The van der Waals surface area contributed by atoms with Crippen LogP contribution in [0.15, 0.2) is 59.0 Å². The van der Waals surface area contributed by atoms with Crippen molar-refractivity contribution in [3.63, 3.8) is 0 Å². The quantitative estimate of drug-likeness (QED) is 0.662. The number of aromatic nitrogens is 2. The molecule has 140 valence electrons. The Balaban J connectivity index is 1.68. The predicted octanol–water partition coefficient (Wildman–Crippen LogP) is 3.42. The third kappa shape index (κ3) is 5.41. The van der Waals surface area contributed by atoms with Crippen LogP contribution in [0.1, 0.15) is 35.9 Å². The second kappa shape index (κ2) is 8.98. The van der Waals surface area contributed by atoms with E-state index >= 15 is 0 Å². The second-order valence-electron chi connectivity index (χ2n) is 6.22. The molecular weight excluding hydrogens is 342 g/mol. The molecule has 1 aromatic heterocycles. The number of carbonyl (C=O) groups excluding carboxylic acids is 1. The molecule has 1 amide bonds. The number of benzene rings is 2. The highest BCUT2D eigenvalue weighted by Crippen LogP contribution is 2.18. The number of ether oxygens (including phenoxy) is 1. The standard InChI is InChI=1S/C21H23N3O3/c1-3-26-18-11-9-17(10-12-18)14-20(25)22-19(21-24-23-15(2)27-21)13-16-7-5-4-6-8-16/h4-12,19H,3,13-14H2,1-2H3,(H,22,25). The SMILES string of the molecule is CCOc1ccc(CC(=O)NC(Cc2ccccc2)c2nnc(C)o2)cc1. The lowest BCUT2D eigenvalue weighted by molar-refractivity contribution is -0.121. The molecule has 0 aliphatic rings. The molecule has 27 heavy (non-hydrogen) atoms. The van der Waals surface area contributed by atoms with Crippen LogP contribution in [0.5, 0.6) is 5.75 Å². The summed E-state index contributed by atoms with van der Waals surface area (Å²) in [6.45, 7) is 4.29. The van der Waals surface area contributed by atoms with Crippen molar-refractivity contribution in [3.8, 4) is 5.75 Å². The molecule has 0 fully saturated rings. The lowest BCUT2D eigenvalue weighted by atomic mass is 10.1. The van der Waals surface area contributed by atoms with Crippen molar-refractivity contribution in [2.45, 2.75) is 32.7 Å². The van der Waals surface area contributed by atoms with Crippen LogP contribution in [0, 0.1) is 6.92 Å². The summed E-state index contributed by atoms with van der Waals surface area (Å²) < 4.78 is 11.0. The van der Waals surface area contributed by atoms with E-state index < -0.39 is 0 Å². The van der Waals surface area contributed by atoms with Crippen molar-refractivity contribution < 1.29 is 13.9 Å². The normalized spacial score (nSPS) is 11.8. The van der Waals surface area contributed by atoms with Crippen molar-refractivity contribution >= 4 is 5.91 Å². The maximum atomic E-state index is 12.6. The largest absolute Gasteiger partial charge is 0.494 e. The summed E-state index contributed by atoms with van der Waals surface area (Å²) >= 11 is 0. The Morgan fingerprint density at radius 2 is 1.81 bits per heavy atom. The first-order valence-corrected chi connectivity index (χ1v) is 8.99. The molecule has 6 nitrogen and oxygen atoms in total. The fourth-order valence-corrected chi connectivity index (χ4v) is 2.80. The van der Waals surface area contributed by atoms with Gasteiger partial charge in [0.25, 0.3) is 0 Å². The van der Waals surface area contributed by atoms with Crippen LogP contribution in [0.25, 0.3) is 0 Å². The highest BCUT2D eigenvalue weighted by molar-refractivity contribution is 5.79. The monoisotopic (exact) mass is 365 g/mol. The Morgan fingerprint density at radius 3 is 2.44 bits per heavy atom. The average Bonchev–Trinajstić information content (AvgIpc) is 3.10. The molecule has 1 unspecified atom stereocenters. The summed E-state index contributed by atoms with van der Waals surface area (Å²) in [5.74, 6) is 1.58. The maximum Gasteiger partial charge on any atom is 0.239 e. The van der Waals surface area contributed by atoms with E-state index in [2.05, 4.69) is 15.5 Å². The van der Waals surface area contributed by atoms with Gasteiger partial charge in [-0.3, -0.25) is 4.79 Å². The van der Waals surface area contributed by atoms with Gasteiger partial charge < -0.3 is 14.5 Å². The molecule has 3 aromatic rings. The minimum atomic E-state index is -0.371. The molecule has 0 bridgehead atoms. The number of amides is 1. The third-order valence-electron chi connectivity index (χ3n) is 4.06. The van der Waals surface area contributed by atoms with Crippen LogP contribution in [-0.4, -0.2) is 22.7 Å². The molecule has 1 heterocycles. The number of aryl methyl sites for hydroxylation is 1. The first-order valence-electron chi connectivity index (χ1n) is 8.99. The molecule has 0 spiro atoms. The smallest absolute Gasteiger partial charge is 0.239 e. The predicted molar refractivity (Wildman–Crippen MR) is 101 cm³/mol. The number of hydrogen-bond acceptors (Lipinski definition) is 5. The van der Waals surface area contributed by atoms with E-state index in [1.165, 1.54) is 0 Å². The highest BCUT2D eigenvalue weighted by atomic mass is 16.5. The topological polar surface area (TPSA) is 77.2 Å². The number of nitrogens with zero attached hydrogens (tertiary/aromatic N) is 2. The number of nitrogens with one attached hydrogen (secondary N) is 1. The van der Waals surface area contributed by atoms with Gasteiger partial charge in [-0.05, 0) is 30.2 Å². The molecule has 6 heteroatoms. The van der Waals surface area contributed by atoms with Crippen LogP contribution >= 0.6 is 0 Å². The first-order chi connectivity index (χ1) is 13.1. The zero-order valence-corrected chi connectivity index (χ0v) is 15.5. The number of rotatable bonds is 8. The van der Waals surface area contributed by atoms with Gasteiger partial charge in [0.1, 0.15) is 11.8 Å². The van der Waals surface area contributed by atoms with Gasteiger partial charge in [-0.15, -0.1) is 10.2 Å². The van der Waals surface area contributed by atoms with E-state index in [0.29, 0.717) is 24.8 Å². The van der Waals surface area contributed by atoms with E-state index in [1.54, 1.807) is 6.92 Å². The van der Waals surface area contributed by atoms with E-state index in [-0.39, 0.29) is 18.4 Å². The molecule has 0 saturated carbocycles. The number of carbonyl (C=O) groups is 1. The summed E-state index contributed by atoms with van der Waals surface area (Å²) in [5.41, 5.74) is 2.00.